The highest BCUT2D eigenvalue weighted by Crippen LogP contribution is 2.31. The average Bonchev–Trinajstić information content (AvgIpc) is 3.13. The summed E-state index contributed by atoms with van der Waals surface area (Å²) in [6.07, 6.45) is -1.93. The normalized spacial score (nSPS) is 27.4. The molecule has 1 aromatic rings. The summed E-state index contributed by atoms with van der Waals surface area (Å²) in [6, 6.07) is 5.02. The molecule has 9 heteroatoms. The number of amides is 2. The number of rotatable bonds is 5. The molecule has 3 aliphatic heterocycles. The van der Waals surface area contributed by atoms with Crippen molar-refractivity contribution >= 4 is 11.8 Å². The minimum Gasteiger partial charge on any atom is -0.373 e. The molecule has 34 heavy (non-hydrogen) atoms. The van der Waals surface area contributed by atoms with Gasteiger partial charge < -0.3 is 14.5 Å². The number of halogens is 3. The molecule has 0 radical (unpaired) electrons. The smallest absolute Gasteiger partial charge is 0.373 e. The standard InChI is InChI=1S/C25H34F3N3O3/c1-17-12-29(13-18(2)34-17)14-19-6-8-30(9-7-19)24(33)21-11-23(32)31(16-21)15-20-4-3-5-22(10-20)25(26,27)28/h3-5,10,17-19,21H,6-9,11-16H2,1-2H3. The number of morpholine rings is 1. The summed E-state index contributed by atoms with van der Waals surface area (Å²) in [5.74, 6) is -0.0619. The zero-order chi connectivity index (χ0) is 24.5. The highest BCUT2D eigenvalue weighted by molar-refractivity contribution is 5.89. The van der Waals surface area contributed by atoms with E-state index in [0.717, 1.165) is 44.6 Å². The Morgan fingerprint density at radius 3 is 2.41 bits per heavy atom. The first-order valence-electron chi connectivity index (χ1n) is 12.2. The van der Waals surface area contributed by atoms with Gasteiger partial charge in [-0.2, -0.15) is 13.2 Å². The Balaban J connectivity index is 1.26. The summed E-state index contributed by atoms with van der Waals surface area (Å²) in [6.45, 7) is 8.83. The van der Waals surface area contributed by atoms with Crippen molar-refractivity contribution < 1.29 is 27.5 Å². The van der Waals surface area contributed by atoms with E-state index in [1.54, 1.807) is 6.07 Å². The van der Waals surface area contributed by atoms with Gasteiger partial charge in [-0.1, -0.05) is 12.1 Å². The second-order valence-electron chi connectivity index (χ2n) is 10.1. The molecule has 3 fully saturated rings. The van der Waals surface area contributed by atoms with Crippen molar-refractivity contribution in [3.8, 4) is 0 Å². The molecule has 2 amide bonds. The third-order valence-electron chi connectivity index (χ3n) is 7.13. The number of carbonyl (C=O) groups excluding carboxylic acids is 2. The van der Waals surface area contributed by atoms with Crippen LogP contribution < -0.4 is 0 Å². The molecule has 3 aliphatic rings. The number of alkyl halides is 3. The van der Waals surface area contributed by atoms with Crippen LogP contribution in [-0.4, -0.2) is 78.0 Å². The van der Waals surface area contributed by atoms with Crippen LogP contribution in [0, 0.1) is 11.8 Å². The van der Waals surface area contributed by atoms with Crippen molar-refractivity contribution in [3.63, 3.8) is 0 Å². The maximum absolute atomic E-state index is 13.1. The van der Waals surface area contributed by atoms with Crippen LogP contribution in [0.1, 0.15) is 44.2 Å². The second kappa shape index (κ2) is 10.2. The van der Waals surface area contributed by atoms with E-state index in [9.17, 15) is 22.8 Å². The molecule has 0 aliphatic carbocycles. The van der Waals surface area contributed by atoms with E-state index in [-0.39, 0.29) is 43.5 Å². The fourth-order valence-electron chi connectivity index (χ4n) is 5.55. The van der Waals surface area contributed by atoms with Crippen LogP contribution in [0.2, 0.25) is 0 Å². The second-order valence-corrected chi connectivity index (χ2v) is 10.1. The number of piperidine rings is 1. The van der Waals surface area contributed by atoms with Crippen LogP contribution in [0.4, 0.5) is 13.2 Å². The number of carbonyl (C=O) groups is 2. The fourth-order valence-corrected chi connectivity index (χ4v) is 5.55. The zero-order valence-electron chi connectivity index (χ0n) is 19.9. The molecule has 0 saturated carbocycles. The van der Waals surface area contributed by atoms with E-state index in [1.807, 2.05) is 4.90 Å². The fraction of sp³-hybridized carbons (Fsp3) is 0.680. The van der Waals surface area contributed by atoms with Gasteiger partial charge in [0.1, 0.15) is 0 Å². The van der Waals surface area contributed by atoms with Crippen LogP contribution in [0.25, 0.3) is 0 Å². The van der Waals surface area contributed by atoms with Crippen molar-refractivity contribution in [1.82, 2.24) is 14.7 Å². The van der Waals surface area contributed by atoms with Gasteiger partial charge in [0.05, 0.1) is 23.7 Å². The Kier molecular flexibility index (Phi) is 7.52. The molecule has 0 N–H and O–H groups in total. The van der Waals surface area contributed by atoms with Gasteiger partial charge in [-0.3, -0.25) is 14.5 Å². The van der Waals surface area contributed by atoms with E-state index in [1.165, 1.54) is 11.0 Å². The van der Waals surface area contributed by atoms with Crippen molar-refractivity contribution in [2.45, 2.75) is 58.0 Å². The minimum atomic E-state index is -4.42. The van der Waals surface area contributed by atoms with Gasteiger partial charge in [0.2, 0.25) is 11.8 Å². The van der Waals surface area contributed by atoms with Gasteiger partial charge in [0, 0.05) is 52.2 Å². The van der Waals surface area contributed by atoms with Crippen molar-refractivity contribution in [3.05, 3.63) is 35.4 Å². The predicted molar refractivity (Wildman–Crippen MR) is 121 cm³/mol. The monoisotopic (exact) mass is 481 g/mol. The maximum Gasteiger partial charge on any atom is 0.416 e. The van der Waals surface area contributed by atoms with Gasteiger partial charge >= 0.3 is 6.18 Å². The molecular weight excluding hydrogens is 447 g/mol. The molecule has 0 spiro atoms. The van der Waals surface area contributed by atoms with E-state index < -0.39 is 17.7 Å². The summed E-state index contributed by atoms with van der Waals surface area (Å²) in [4.78, 5) is 31.4. The molecule has 3 atom stereocenters. The molecule has 1 aromatic carbocycles. The first-order valence-corrected chi connectivity index (χ1v) is 12.2. The lowest BCUT2D eigenvalue weighted by molar-refractivity contribution is -0.138. The maximum atomic E-state index is 13.1. The number of hydrogen-bond donors (Lipinski definition) is 0. The molecule has 188 valence electrons. The molecule has 3 unspecified atom stereocenters. The molecule has 4 rings (SSSR count). The molecule has 0 aromatic heterocycles. The summed E-state index contributed by atoms with van der Waals surface area (Å²) in [7, 11) is 0. The molecule has 3 saturated heterocycles. The van der Waals surface area contributed by atoms with Gasteiger partial charge in [0.15, 0.2) is 0 Å². The van der Waals surface area contributed by atoms with E-state index in [2.05, 4.69) is 18.7 Å². The number of benzene rings is 1. The number of ether oxygens (including phenoxy) is 1. The number of likely N-dealkylation sites (tertiary alicyclic amines) is 2. The first-order chi connectivity index (χ1) is 16.1. The van der Waals surface area contributed by atoms with Gasteiger partial charge in [-0.15, -0.1) is 0 Å². The predicted octanol–water partition coefficient (Wildman–Crippen LogP) is 3.40. The Bertz CT molecular complexity index is 876. The van der Waals surface area contributed by atoms with Crippen molar-refractivity contribution in [2.75, 3.05) is 39.3 Å². The van der Waals surface area contributed by atoms with E-state index in [4.69, 9.17) is 4.74 Å². The SMILES string of the molecule is CC1CN(CC2CCN(C(=O)C3CC(=O)N(Cc4cccc(C(F)(F)F)c4)C3)CC2)CC(C)O1. The quantitative estimate of drug-likeness (QED) is 0.647. The molecule has 0 bridgehead atoms. The van der Waals surface area contributed by atoms with Crippen LogP contribution in [0.15, 0.2) is 24.3 Å². The summed E-state index contributed by atoms with van der Waals surface area (Å²) < 4.78 is 44.8. The van der Waals surface area contributed by atoms with E-state index in [0.29, 0.717) is 24.6 Å². The van der Waals surface area contributed by atoms with E-state index >= 15 is 0 Å². The van der Waals surface area contributed by atoms with Crippen LogP contribution in [-0.2, 0) is 27.0 Å². The zero-order valence-corrected chi connectivity index (χ0v) is 19.9. The van der Waals surface area contributed by atoms with Crippen molar-refractivity contribution in [1.29, 1.82) is 0 Å². The Hall–Kier alpha value is -2.13. The summed E-state index contributed by atoms with van der Waals surface area (Å²) in [5.41, 5.74) is -0.308. The highest BCUT2D eigenvalue weighted by atomic mass is 19.4. The highest BCUT2D eigenvalue weighted by Gasteiger charge is 2.38. The van der Waals surface area contributed by atoms with Crippen LogP contribution in [0.5, 0.6) is 0 Å². The Morgan fingerprint density at radius 1 is 1.09 bits per heavy atom. The summed E-state index contributed by atoms with van der Waals surface area (Å²) in [5, 5.41) is 0. The molecule has 3 heterocycles. The molecular formula is C25H34F3N3O3. The third-order valence-corrected chi connectivity index (χ3v) is 7.13. The average molecular weight is 482 g/mol. The van der Waals surface area contributed by atoms with Gasteiger partial charge in [0.25, 0.3) is 0 Å². The third kappa shape index (κ3) is 6.10. The number of nitrogens with zero attached hydrogens (tertiary/aromatic N) is 3. The Labute approximate surface area is 199 Å². The minimum absolute atomic E-state index is 0.00745. The van der Waals surface area contributed by atoms with Gasteiger partial charge in [-0.25, -0.2) is 0 Å². The van der Waals surface area contributed by atoms with Crippen molar-refractivity contribution in [2.24, 2.45) is 11.8 Å². The lowest BCUT2D eigenvalue weighted by Gasteiger charge is -2.39. The Morgan fingerprint density at radius 2 is 1.76 bits per heavy atom. The molecule has 6 nitrogen and oxygen atoms in total. The summed E-state index contributed by atoms with van der Waals surface area (Å²) >= 11 is 0. The van der Waals surface area contributed by atoms with Gasteiger partial charge in [-0.05, 0) is 50.3 Å². The first kappa shape index (κ1) is 25.0. The van der Waals surface area contributed by atoms with Crippen LogP contribution >= 0.6 is 0 Å². The largest absolute Gasteiger partial charge is 0.416 e. The van der Waals surface area contributed by atoms with Crippen LogP contribution in [0.3, 0.4) is 0 Å². The topological polar surface area (TPSA) is 53.1 Å². The lowest BCUT2D eigenvalue weighted by Crippen LogP contribution is -2.49. The lowest BCUT2D eigenvalue weighted by atomic mass is 9.94. The number of hydrogen-bond acceptors (Lipinski definition) is 4.